The summed E-state index contributed by atoms with van der Waals surface area (Å²) < 4.78 is 10.9. The average molecular weight is 363 g/mol. The summed E-state index contributed by atoms with van der Waals surface area (Å²) in [5, 5.41) is 10.5. The molecule has 4 atom stereocenters. The van der Waals surface area contributed by atoms with Gasteiger partial charge in [0.15, 0.2) is 0 Å². The van der Waals surface area contributed by atoms with Crippen LogP contribution >= 0.6 is 0 Å². The largest absolute Gasteiger partial charge is 0.466 e. The van der Waals surface area contributed by atoms with Crippen LogP contribution in [0.4, 0.5) is 0 Å². The van der Waals surface area contributed by atoms with Crippen LogP contribution in [0.5, 0.6) is 0 Å². The van der Waals surface area contributed by atoms with Crippen LogP contribution < -0.4 is 0 Å². The standard InChI is InChI=1S/C22H34O4/c1-16-9-8-13-21(3,24)12-6-7-14-22(4)19(26-22)15-18(11-10-16)17(2)20(23)25-5/h6,9,12,18-19,24H,2,7-8,10-11,13-15H2,1,3-5H3/b12-6+,16-9-/t18-,19-,21-,22+/m0/s1. The Labute approximate surface area is 158 Å². The molecule has 0 saturated carbocycles. The molecule has 1 N–H and O–H groups in total. The Balaban J connectivity index is 2.13. The highest BCUT2D eigenvalue weighted by Gasteiger charge is 2.52. The van der Waals surface area contributed by atoms with Crippen LogP contribution in [0.25, 0.3) is 0 Å². The highest BCUT2D eigenvalue weighted by molar-refractivity contribution is 5.88. The smallest absolute Gasteiger partial charge is 0.333 e. The molecule has 1 saturated heterocycles. The lowest BCUT2D eigenvalue weighted by atomic mass is 9.86. The molecule has 1 fully saturated rings. The van der Waals surface area contributed by atoms with Crippen molar-refractivity contribution in [1.29, 1.82) is 0 Å². The number of methoxy groups -OCH3 is 1. The van der Waals surface area contributed by atoms with Gasteiger partial charge in [-0.15, -0.1) is 0 Å². The molecule has 0 aromatic carbocycles. The number of esters is 1. The van der Waals surface area contributed by atoms with E-state index in [9.17, 15) is 9.90 Å². The lowest BCUT2D eigenvalue weighted by Gasteiger charge is -2.19. The highest BCUT2D eigenvalue weighted by Crippen LogP contribution is 2.45. The van der Waals surface area contributed by atoms with E-state index < -0.39 is 5.60 Å². The maximum absolute atomic E-state index is 12.0. The number of hydrogen-bond donors (Lipinski definition) is 1. The highest BCUT2D eigenvalue weighted by atomic mass is 16.6. The van der Waals surface area contributed by atoms with Gasteiger partial charge in [0.2, 0.25) is 0 Å². The Hall–Kier alpha value is -1.39. The number of carbonyl (C=O) groups excluding carboxylic acids is 1. The van der Waals surface area contributed by atoms with Crippen molar-refractivity contribution in [1.82, 2.24) is 0 Å². The van der Waals surface area contributed by atoms with Gasteiger partial charge < -0.3 is 14.6 Å². The first-order valence-corrected chi connectivity index (χ1v) is 9.67. The van der Waals surface area contributed by atoms with E-state index in [1.165, 1.54) is 12.7 Å². The van der Waals surface area contributed by atoms with Gasteiger partial charge in [0.1, 0.15) is 0 Å². The fourth-order valence-electron chi connectivity index (χ4n) is 3.70. The van der Waals surface area contributed by atoms with E-state index in [2.05, 4.69) is 32.6 Å². The Kier molecular flexibility index (Phi) is 6.86. The molecule has 2 rings (SSSR count). The molecule has 0 radical (unpaired) electrons. The first-order chi connectivity index (χ1) is 12.2. The first kappa shape index (κ1) is 20.9. The van der Waals surface area contributed by atoms with Crippen LogP contribution in [0, 0.1) is 5.92 Å². The SMILES string of the molecule is C=C(C(=O)OC)[C@H]1CC/C(C)=C\CC[C@@](C)(O)/C=C/CC[C@@]2(C)O[C@H]2C1. The number of aliphatic hydroxyl groups is 1. The third-order valence-corrected chi connectivity index (χ3v) is 5.79. The number of epoxide rings is 1. The Morgan fingerprint density at radius 1 is 1.35 bits per heavy atom. The summed E-state index contributed by atoms with van der Waals surface area (Å²) in [6.07, 6.45) is 12.2. The third kappa shape index (κ3) is 5.82. The van der Waals surface area contributed by atoms with Crippen molar-refractivity contribution in [3.05, 3.63) is 36.0 Å². The van der Waals surface area contributed by atoms with E-state index in [-0.39, 0.29) is 23.6 Å². The van der Waals surface area contributed by atoms with Crippen molar-refractivity contribution >= 4 is 5.97 Å². The van der Waals surface area contributed by atoms with Gasteiger partial charge >= 0.3 is 5.97 Å². The number of ether oxygens (including phenoxy) is 2. The molecule has 0 spiro atoms. The fourth-order valence-corrected chi connectivity index (χ4v) is 3.70. The van der Waals surface area contributed by atoms with E-state index >= 15 is 0 Å². The van der Waals surface area contributed by atoms with Gasteiger partial charge in [-0.2, -0.15) is 0 Å². The Bertz CT molecular complexity index is 587. The van der Waals surface area contributed by atoms with Crippen molar-refractivity contribution in [3.8, 4) is 0 Å². The van der Waals surface area contributed by atoms with E-state index in [0.29, 0.717) is 12.0 Å². The fraction of sp³-hybridized carbons (Fsp3) is 0.682. The molecule has 0 unspecified atom stereocenters. The normalized spacial score (nSPS) is 39.3. The van der Waals surface area contributed by atoms with Crippen molar-refractivity contribution in [2.75, 3.05) is 7.11 Å². The molecule has 0 bridgehead atoms. The van der Waals surface area contributed by atoms with E-state index in [0.717, 1.165) is 38.5 Å². The molecule has 146 valence electrons. The summed E-state index contributed by atoms with van der Waals surface area (Å²) in [6, 6.07) is 0. The van der Waals surface area contributed by atoms with E-state index in [1.807, 2.05) is 13.0 Å². The number of rotatable bonds is 2. The van der Waals surface area contributed by atoms with Crippen LogP contribution in [0.3, 0.4) is 0 Å². The summed E-state index contributed by atoms with van der Waals surface area (Å²) in [7, 11) is 1.40. The van der Waals surface area contributed by atoms with Crippen molar-refractivity contribution in [2.45, 2.75) is 83.0 Å². The summed E-state index contributed by atoms with van der Waals surface area (Å²) in [6.45, 7) is 10.1. The monoisotopic (exact) mass is 362 g/mol. The molecule has 26 heavy (non-hydrogen) atoms. The third-order valence-electron chi connectivity index (χ3n) is 5.79. The van der Waals surface area contributed by atoms with Gasteiger partial charge in [-0.1, -0.05) is 30.4 Å². The molecule has 0 amide bonds. The van der Waals surface area contributed by atoms with Gasteiger partial charge in [-0.25, -0.2) is 4.79 Å². The van der Waals surface area contributed by atoms with Crippen molar-refractivity contribution in [2.24, 2.45) is 5.92 Å². The second kappa shape index (κ2) is 8.53. The molecule has 2 aliphatic rings. The molecule has 1 heterocycles. The van der Waals surface area contributed by atoms with Crippen LogP contribution in [0.15, 0.2) is 36.0 Å². The molecule has 1 aliphatic heterocycles. The number of allylic oxidation sites excluding steroid dienone is 3. The molecule has 4 heteroatoms. The van der Waals surface area contributed by atoms with Crippen LogP contribution in [0.1, 0.15) is 65.7 Å². The minimum Gasteiger partial charge on any atom is -0.466 e. The van der Waals surface area contributed by atoms with Gasteiger partial charge in [0.05, 0.1) is 24.4 Å². The van der Waals surface area contributed by atoms with Gasteiger partial charge in [0.25, 0.3) is 0 Å². The van der Waals surface area contributed by atoms with Gasteiger partial charge in [0, 0.05) is 5.57 Å². The minimum absolute atomic E-state index is 0.0707. The summed E-state index contributed by atoms with van der Waals surface area (Å²) in [4.78, 5) is 12.0. The second-order valence-corrected chi connectivity index (χ2v) is 8.29. The van der Waals surface area contributed by atoms with Gasteiger partial charge in [-0.05, 0) is 71.6 Å². The predicted molar refractivity (Wildman–Crippen MR) is 104 cm³/mol. The Morgan fingerprint density at radius 3 is 2.77 bits per heavy atom. The summed E-state index contributed by atoms with van der Waals surface area (Å²) in [5.41, 5.74) is 0.909. The second-order valence-electron chi connectivity index (χ2n) is 8.29. The lowest BCUT2D eigenvalue weighted by Crippen LogP contribution is -2.20. The quantitative estimate of drug-likeness (QED) is 0.340. The Morgan fingerprint density at radius 2 is 2.08 bits per heavy atom. The number of carbonyl (C=O) groups is 1. The molecule has 0 aromatic heterocycles. The van der Waals surface area contributed by atoms with E-state index in [4.69, 9.17) is 9.47 Å². The van der Waals surface area contributed by atoms with Crippen molar-refractivity contribution in [3.63, 3.8) is 0 Å². The minimum atomic E-state index is -0.774. The zero-order chi connectivity index (χ0) is 19.4. The molecular weight excluding hydrogens is 328 g/mol. The van der Waals surface area contributed by atoms with Crippen LogP contribution in [-0.2, 0) is 14.3 Å². The van der Waals surface area contributed by atoms with E-state index in [1.54, 1.807) is 0 Å². The topological polar surface area (TPSA) is 59.1 Å². The summed E-state index contributed by atoms with van der Waals surface area (Å²) in [5.74, 6) is -0.253. The van der Waals surface area contributed by atoms with Crippen LogP contribution in [0.2, 0.25) is 0 Å². The zero-order valence-electron chi connectivity index (χ0n) is 16.7. The zero-order valence-corrected chi connectivity index (χ0v) is 16.7. The van der Waals surface area contributed by atoms with Crippen LogP contribution in [-0.4, -0.2) is 35.5 Å². The molecule has 4 nitrogen and oxygen atoms in total. The molecule has 1 aliphatic carbocycles. The summed E-state index contributed by atoms with van der Waals surface area (Å²) >= 11 is 0. The predicted octanol–water partition coefficient (Wildman–Crippen LogP) is 4.49. The average Bonchev–Trinajstić information content (AvgIpc) is 3.23. The van der Waals surface area contributed by atoms with Gasteiger partial charge in [-0.3, -0.25) is 0 Å². The molecule has 0 aromatic rings. The molecular formula is C22H34O4. The maximum Gasteiger partial charge on any atom is 0.333 e. The first-order valence-electron chi connectivity index (χ1n) is 9.67. The number of fused-ring (bicyclic) bond motifs is 1. The maximum atomic E-state index is 12.0. The van der Waals surface area contributed by atoms with Crippen molar-refractivity contribution < 1.29 is 19.4 Å². The lowest BCUT2D eigenvalue weighted by molar-refractivity contribution is -0.136. The number of hydrogen-bond acceptors (Lipinski definition) is 4.